The van der Waals surface area contributed by atoms with Crippen molar-refractivity contribution in [1.82, 2.24) is 0 Å². The molecule has 9 heavy (non-hydrogen) atoms. The van der Waals surface area contributed by atoms with Gasteiger partial charge in [0, 0.05) is 16.8 Å². The van der Waals surface area contributed by atoms with E-state index in [0.717, 1.165) is 5.34 Å². The van der Waals surface area contributed by atoms with Crippen LogP contribution in [0.5, 0.6) is 0 Å². The van der Waals surface area contributed by atoms with Gasteiger partial charge >= 0.3 is 0 Å². The third-order valence-electron chi connectivity index (χ3n) is 0. The van der Waals surface area contributed by atoms with E-state index in [-0.39, 0.29) is 47.5 Å². The first-order valence-corrected chi connectivity index (χ1v) is 0.365. The second kappa shape index (κ2) is 694. The van der Waals surface area contributed by atoms with Gasteiger partial charge in [0.25, 0.3) is 0 Å². The summed E-state index contributed by atoms with van der Waals surface area (Å²) < 4.78 is 0. The molecule has 10 N–H and O–H groups in total. The van der Waals surface area contributed by atoms with Gasteiger partial charge in [0.05, 0.1) is 0 Å². The standard InChI is InChI=1S/Co.HNO2.5H2N/c;2-1-3;;;;;/h;(H,2,3);5*1H2/q;;5*-1/p-1. The van der Waals surface area contributed by atoms with Crippen molar-refractivity contribution in [3.8, 4) is 0 Å². The van der Waals surface area contributed by atoms with Gasteiger partial charge in [-0.3, -0.25) is 0 Å². The Morgan fingerprint density at radius 1 is 0.889 bits per heavy atom. The van der Waals surface area contributed by atoms with Crippen molar-refractivity contribution in [3.63, 3.8) is 0 Å². The summed E-state index contributed by atoms with van der Waals surface area (Å²) in [5.41, 5.74) is 0. The van der Waals surface area contributed by atoms with E-state index in [0.29, 0.717) is 0 Å². The molecule has 0 saturated heterocycles. The molecule has 0 fully saturated rings. The first-order chi connectivity index (χ1) is 1.41. The molecule has 8 nitrogen and oxygen atoms in total. The van der Waals surface area contributed by atoms with Crippen LogP contribution in [0.3, 0.4) is 0 Å². The summed E-state index contributed by atoms with van der Waals surface area (Å²) in [6, 6.07) is 0. The normalized spacial score (nSPS) is 1.33. The number of hydrogen-bond donors (Lipinski definition) is 0. The first kappa shape index (κ1) is 178. The van der Waals surface area contributed by atoms with Gasteiger partial charge < -0.3 is 40.9 Å². The molecule has 67 valence electrons. The Balaban J connectivity index is -0.00000000133. The van der Waals surface area contributed by atoms with Crippen molar-refractivity contribution in [2.75, 3.05) is 0 Å². The van der Waals surface area contributed by atoms with E-state index in [1.807, 2.05) is 0 Å². The minimum absolute atomic E-state index is 0. The quantitative estimate of drug-likeness (QED) is 0.404. The summed E-state index contributed by atoms with van der Waals surface area (Å²) in [5, 5.41) is 9.00. The molecular formula is H10CoN6O2-6. The van der Waals surface area contributed by atoms with Crippen molar-refractivity contribution in [1.29, 1.82) is 0 Å². The second-order valence-corrected chi connectivity index (χ2v) is 0.0745. The maximum Gasteiger partial charge on any atom is 0 e. The van der Waals surface area contributed by atoms with Gasteiger partial charge in [-0.1, -0.05) is 0 Å². The Hall–Kier alpha value is -0.294. The van der Waals surface area contributed by atoms with E-state index in [2.05, 4.69) is 0 Å². The summed E-state index contributed by atoms with van der Waals surface area (Å²) >= 11 is 0. The van der Waals surface area contributed by atoms with E-state index in [9.17, 15) is 0 Å². The molecular weight excluding hydrogens is 175 g/mol. The molecule has 0 atom stereocenters. The van der Waals surface area contributed by atoms with Crippen molar-refractivity contribution in [2.24, 2.45) is 5.34 Å². The molecule has 0 saturated carbocycles. The molecule has 0 heterocycles. The van der Waals surface area contributed by atoms with Crippen LogP contribution < -0.4 is 0 Å². The maximum atomic E-state index is 8.00. The molecule has 0 spiro atoms. The SMILES string of the molecule is O=N[O-].[Co].[NH2-].[NH2-].[NH2-].[NH2-].[NH2-]. The Bertz CT molecular complexity index is 18.5. The molecule has 1 radical (unpaired) electrons. The molecule has 0 rings (SSSR count). The number of rotatable bonds is 0. The van der Waals surface area contributed by atoms with Crippen LogP contribution in [0.15, 0.2) is 5.34 Å². The molecule has 0 aliphatic carbocycles. The summed E-state index contributed by atoms with van der Waals surface area (Å²) in [5.74, 6) is 0. The summed E-state index contributed by atoms with van der Waals surface area (Å²) in [6.45, 7) is 0. The van der Waals surface area contributed by atoms with Crippen LogP contribution in [-0.2, 0) is 16.8 Å². The van der Waals surface area contributed by atoms with E-state index < -0.39 is 0 Å². The van der Waals surface area contributed by atoms with Crippen molar-refractivity contribution < 1.29 is 16.8 Å². The van der Waals surface area contributed by atoms with Gasteiger partial charge in [0.2, 0.25) is 0 Å². The fraction of sp³-hybridized carbons (Fsp3) is 0. The van der Waals surface area contributed by atoms with Gasteiger partial charge in [0.1, 0.15) is 0 Å². The predicted molar refractivity (Wildman–Crippen MR) is 35.6 cm³/mol. The van der Waals surface area contributed by atoms with E-state index in [1.165, 1.54) is 0 Å². The Morgan fingerprint density at radius 3 is 0.889 bits per heavy atom. The smallest absolute Gasteiger partial charge is 0 e. The van der Waals surface area contributed by atoms with Crippen LogP contribution in [0.4, 0.5) is 0 Å². The monoisotopic (exact) mass is 185 g/mol. The minimum atomic E-state index is 0. The van der Waals surface area contributed by atoms with E-state index in [4.69, 9.17) is 10.1 Å². The van der Waals surface area contributed by atoms with Crippen LogP contribution in [0, 0.1) is 10.1 Å². The molecule has 0 aromatic carbocycles. The number of nitrogens with two attached hydrogens (primary N) is 5. The van der Waals surface area contributed by atoms with Gasteiger partial charge in [-0.2, -0.15) is 0 Å². The molecule has 0 aliphatic rings. The number of nitrogens with zero attached hydrogens (tertiary/aromatic N) is 1. The van der Waals surface area contributed by atoms with Gasteiger partial charge in [-0.25, -0.2) is 0 Å². The summed E-state index contributed by atoms with van der Waals surface area (Å²) in [6.07, 6.45) is 0. The third-order valence-corrected chi connectivity index (χ3v) is 0. The Kier molecular flexibility index (Phi) is 13700. The molecule has 0 bridgehead atoms. The average molecular weight is 185 g/mol. The van der Waals surface area contributed by atoms with Crippen molar-refractivity contribution in [2.45, 2.75) is 0 Å². The molecule has 0 amide bonds. The number of hydrogen-bond acceptors (Lipinski definition) is 3. The van der Waals surface area contributed by atoms with Crippen LogP contribution in [-0.4, -0.2) is 0 Å². The van der Waals surface area contributed by atoms with Gasteiger partial charge in [0.15, 0.2) is 0 Å². The fourth-order valence-electron chi connectivity index (χ4n) is 0. The molecule has 0 aromatic heterocycles. The van der Waals surface area contributed by atoms with Gasteiger partial charge in [-0.05, 0) is 0 Å². The second-order valence-electron chi connectivity index (χ2n) is 0.0745. The largest absolute Gasteiger partial charge is 0.693 e. The molecule has 0 unspecified atom stereocenters. The summed E-state index contributed by atoms with van der Waals surface area (Å²) in [4.78, 5) is 8.00. The van der Waals surface area contributed by atoms with Crippen molar-refractivity contribution >= 4 is 0 Å². The minimum Gasteiger partial charge on any atom is -0.693 e. The van der Waals surface area contributed by atoms with Crippen LogP contribution in [0.25, 0.3) is 30.8 Å². The molecule has 9 heteroatoms. The Morgan fingerprint density at radius 2 is 0.889 bits per heavy atom. The molecule has 0 aromatic rings. The summed E-state index contributed by atoms with van der Waals surface area (Å²) in [7, 11) is 0. The first-order valence-electron chi connectivity index (χ1n) is 0.365. The Labute approximate surface area is 63.8 Å². The zero-order valence-corrected chi connectivity index (χ0v) is 5.52. The zero-order valence-electron chi connectivity index (χ0n) is 4.48. The van der Waals surface area contributed by atoms with Gasteiger partial charge in [-0.15, -0.1) is 5.34 Å². The van der Waals surface area contributed by atoms with Crippen molar-refractivity contribution in [3.05, 3.63) is 40.9 Å². The van der Waals surface area contributed by atoms with E-state index >= 15 is 0 Å². The predicted octanol–water partition coefficient (Wildman–Crippen LogP) is 3.83. The third kappa shape index (κ3) is 2910. The average Bonchev–Trinajstić information content (AvgIpc) is 0.918. The van der Waals surface area contributed by atoms with Crippen LogP contribution >= 0.6 is 0 Å². The van der Waals surface area contributed by atoms with E-state index in [1.54, 1.807) is 0 Å². The topological polar surface area (TPSA) is 220 Å². The maximum absolute atomic E-state index is 8.00. The van der Waals surface area contributed by atoms with Crippen LogP contribution in [0.1, 0.15) is 0 Å². The zero-order chi connectivity index (χ0) is 2.71. The fourth-order valence-corrected chi connectivity index (χ4v) is 0. The molecule has 0 aliphatic heterocycles. The van der Waals surface area contributed by atoms with Crippen LogP contribution in [0.2, 0.25) is 0 Å².